The van der Waals surface area contributed by atoms with Gasteiger partial charge in [0.1, 0.15) is 11.3 Å². The Balaban J connectivity index is 1.65. The van der Waals surface area contributed by atoms with Gasteiger partial charge in [0.2, 0.25) is 0 Å². The maximum absolute atomic E-state index is 4.94. The lowest BCUT2D eigenvalue weighted by Gasteiger charge is -2.22. The molecule has 0 N–H and O–H groups in total. The second kappa shape index (κ2) is 8.00. The SMILES string of the molecule is CC(C)(C)Cc1csc(-c2csc3c(-c4cc(C(C)(C)C)c5ccccc5c4)ncnc23)n1. The summed E-state index contributed by atoms with van der Waals surface area (Å²) < 4.78 is 1.12. The zero-order valence-corrected chi connectivity index (χ0v) is 21.7. The van der Waals surface area contributed by atoms with Crippen molar-refractivity contribution in [1.29, 1.82) is 0 Å². The van der Waals surface area contributed by atoms with E-state index in [2.05, 4.69) is 93.7 Å². The van der Waals surface area contributed by atoms with E-state index in [4.69, 9.17) is 9.97 Å². The topological polar surface area (TPSA) is 38.7 Å². The monoisotopic (exact) mass is 471 g/mol. The number of benzene rings is 2. The van der Waals surface area contributed by atoms with Gasteiger partial charge in [-0.05, 0) is 45.7 Å². The number of aromatic nitrogens is 3. The third-order valence-electron chi connectivity index (χ3n) is 5.79. The van der Waals surface area contributed by atoms with Crippen LogP contribution < -0.4 is 0 Å². The molecule has 0 atom stereocenters. The largest absolute Gasteiger partial charge is 0.241 e. The zero-order valence-electron chi connectivity index (χ0n) is 20.1. The van der Waals surface area contributed by atoms with E-state index < -0.39 is 0 Å². The van der Waals surface area contributed by atoms with Crippen LogP contribution in [0.25, 0.3) is 42.8 Å². The highest BCUT2D eigenvalue weighted by molar-refractivity contribution is 7.19. The predicted molar refractivity (Wildman–Crippen MR) is 143 cm³/mol. The number of hydrogen-bond donors (Lipinski definition) is 0. The molecule has 0 aliphatic heterocycles. The molecule has 5 rings (SSSR count). The predicted octanol–water partition coefficient (Wildman–Crippen LogP) is 8.52. The van der Waals surface area contributed by atoms with Crippen molar-refractivity contribution in [1.82, 2.24) is 15.0 Å². The standard InChI is InChI=1S/C28H29N3S2/c1-27(2,3)13-19-14-33-26(31-19)21-15-32-25-23(29-16-30-24(21)25)18-11-17-9-7-8-10-20(17)22(12-18)28(4,5)6/h7-12,14-16H,13H2,1-6H3. The van der Waals surface area contributed by atoms with E-state index in [0.717, 1.165) is 44.2 Å². The van der Waals surface area contributed by atoms with E-state index in [1.807, 2.05) is 0 Å². The smallest absolute Gasteiger partial charge is 0.126 e. The van der Waals surface area contributed by atoms with E-state index in [9.17, 15) is 0 Å². The molecule has 0 aliphatic rings. The van der Waals surface area contributed by atoms with Gasteiger partial charge >= 0.3 is 0 Å². The summed E-state index contributed by atoms with van der Waals surface area (Å²) in [5.41, 5.74) is 7.00. The highest BCUT2D eigenvalue weighted by Crippen LogP contribution is 2.41. The minimum Gasteiger partial charge on any atom is -0.241 e. The van der Waals surface area contributed by atoms with Crippen molar-refractivity contribution in [3.05, 3.63) is 64.7 Å². The summed E-state index contributed by atoms with van der Waals surface area (Å²) in [5, 5.41) is 7.97. The molecule has 3 nitrogen and oxygen atoms in total. The molecular formula is C28H29N3S2. The Hall–Kier alpha value is -2.63. The van der Waals surface area contributed by atoms with Crippen molar-refractivity contribution in [3.8, 4) is 21.8 Å². The van der Waals surface area contributed by atoms with Crippen molar-refractivity contribution >= 4 is 43.7 Å². The molecule has 3 heterocycles. The number of hydrogen-bond acceptors (Lipinski definition) is 5. The summed E-state index contributed by atoms with van der Waals surface area (Å²) in [6.45, 7) is 13.6. The van der Waals surface area contributed by atoms with E-state index in [-0.39, 0.29) is 10.8 Å². The highest BCUT2D eigenvalue weighted by atomic mass is 32.1. The Bertz CT molecular complexity index is 1460. The molecule has 0 radical (unpaired) electrons. The molecule has 0 fully saturated rings. The number of thiazole rings is 1. The lowest BCUT2D eigenvalue weighted by Crippen LogP contribution is -2.12. The molecule has 0 aliphatic carbocycles. The molecule has 0 saturated heterocycles. The van der Waals surface area contributed by atoms with Gasteiger partial charge in [0.15, 0.2) is 0 Å². The van der Waals surface area contributed by atoms with Gasteiger partial charge < -0.3 is 0 Å². The van der Waals surface area contributed by atoms with Crippen molar-refractivity contribution < 1.29 is 0 Å². The van der Waals surface area contributed by atoms with Crippen LogP contribution in [0.4, 0.5) is 0 Å². The molecule has 0 saturated carbocycles. The molecule has 3 aromatic heterocycles. The number of nitrogens with zero attached hydrogens (tertiary/aromatic N) is 3. The summed E-state index contributed by atoms with van der Waals surface area (Å²) in [6.07, 6.45) is 2.67. The Kier molecular flexibility index (Phi) is 5.37. The zero-order chi connectivity index (χ0) is 23.4. The molecule has 0 amide bonds. The van der Waals surface area contributed by atoms with Crippen LogP contribution in [0.1, 0.15) is 52.8 Å². The lowest BCUT2D eigenvalue weighted by atomic mass is 9.82. The molecule has 5 aromatic rings. The first-order valence-corrected chi connectivity index (χ1v) is 13.1. The third kappa shape index (κ3) is 4.32. The molecule has 0 unspecified atom stereocenters. The first-order valence-electron chi connectivity index (χ1n) is 11.3. The van der Waals surface area contributed by atoms with Crippen LogP contribution in [0.5, 0.6) is 0 Å². The van der Waals surface area contributed by atoms with Crippen LogP contribution in [-0.2, 0) is 11.8 Å². The van der Waals surface area contributed by atoms with E-state index >= 15 is 0 Å². The van der Waals surface area contributed by atoms with Gasteiger partial charge in [-0.15, -0.1) is 22.7 Å². The summed E-state index contributed by atoms with van der Waals surface area (Å²) in [5.74, 6) is 0. The average Bonchev–Trinajstić information content (AvgIpc) is 3.37. The van der Waals surface area contributed by atoms with Crippen LogP contribution >= 0.6 is 22.7 Å². The molecule has 2 aromatic carbocycles. The highest BCUT2D eigenvalue weighted by Gasteiger charge is 2.21. The van der Waals surface area contributed by atoms with E-state index in [1.54, 1.807) is 29.0 Å². The van der Waals surface area contributed by atoms with Gasteiger partial charge in [-0.2, -0.15) is 0 Å². The van der Waals surface area contributed by atoms with Crippen LogP contribution in [-0.4, -0.2) is 15.0 Å². The van der Waals surface area contributed by atoms with Gasteiger partial charge in [0, 0.05) is 21.9 Å². The van der Waals surface area contributed by atoms with Crippen molar-refractivity contribution in [3.63, 3.8) is 0 Å². The average molecular weight is 472 g/mol. The Morgan fingerprint density at radius 2 is 1.67 bits per heavy atom. The van der Waals surface area contributed by atoms with Crippen molar-refractivity contribution in [2.45, 2.75) is 53.4 Å². The van der Waals surface area contributed by atoms with Gasteiger partial charge in [-0.1, -0.05) is 65.8 Å². The second-order valence-corrected chi connectivity index (χ2v) is 12.7. The van der Waals surface area contributed by atoms with Crippen LogP contribution in [0.2, 0.25) is 0 Å². The normalized spacial score (nSPS) is 12.7. The van der Waals surface area contributed by atoms with Crippen LogP contribution in [0.15, 0.2) is 53.5 Å². The fourth-order valence-corrected chi connectivity index (χ4v) is 6.26. The van der Waals surface area contributed by atoms with Crippen molar-refractivity contribution in [2.75, 3.05) is 0 Å². The van der Waals surface area contributed by atoms with Gasteiger partial charge in [-0.25, -0.2) is 15.0 Å². The first kappa shape index (κ1) is 22.2. The maximum atomic E-state index is 4.94. The molecular weight excluding hydrogens is 442 g/mol. The fourth-order valence-electron chi connectivity index (χ4n) is 4.33. The summed E-state index contributed by atoms with van der Waals surface area (Å²) in [6, 6.07) is 13.2. The first-order chi connectivity index (χ1) is 15.6. The minimum absolute atomic E-state index is 0.0344. The Morgan fingerprint density at radius 1 is 0.879 bits per heavy atom. The Morgan fingerprint density at radius 3 is 2.42 bits per heavy atom. The van der Waals surface area contributed by atoms with Gasteiger partial charge in [0.25, 0.3) is 0 Å². The molecule has 33 heavy (non-hydrogen) atoms. The summed E-state index contributed by atoms with van der Waals surface area (Å²) in [7, 11) is 0. The lowest BCUT2D eigenvalue weighted by molar-refractivity contribution is 0.407. The minimum atomic E-state index is 0.0344. The Labute approximate surface area is 203 Å². The molecule has 0 spiro atoms. The molecule has 5 heteroatoms. The second-order valence-electron chi connectivity index (χ2n) is 10.9. The van der Waals surface area contributed by atoms with Gasteiger partial charge in [0.05, 0.1) is 21.6 Å². The summed E-state index contributed by atoms with van der Waals surface area (Å²) >= 11 is 3.42. The van der Waals surface area contributed by atoms with Crippen molar-refractivity contribution in [2.24, 2.45) is 5.41 Å². The van der Waals surface area contributed by atoms with Crippen LogP contribution in [0.3, 0.4) is 0 Å². The molecule has 0 bridgehead atoms. The summed E-state index contributed by atoms with van der Waals surface area (Å²) in [4.78, 5) is 14.4. The molecule has 168 valence electrons. The van der Waals surface area contributed by atoms with E-state index in [1.165, 1.54) is 16.3 Å². The van der Waals surface area contributed by atoms with E-state index in [0.29, 0.717) is 0 Å². The number of rotatable bonds is 3. The fraction of sp³-hybridized carbons (Fsp3) is 0.321. The number of fused-ring (bicyclic) bond motifs is 2. The number of thiophene rings is 1. The van der Waals surface area contributed by atoms with Gasteiger partial charge in [-0.3, -0.25) is 0 Å². The van der Waals surface area contributed by atoms with Crippen LogP contribution in [0, 0.1) is 5.41 Å². The maximum Gasteiger partial charge on any atom is 0.126 e. The quantitative estimate of drug-likeness (QED) is 0.265. The third-order valence-corrected chi connectivity index (χ3v) is 7.69.